The molecule has 0 unspecified atom stereocenters. The number of hydrogen-bond acceptors (Lipinski definition) is 3. The Morgan fingerprint density at radius 1 is 1.23 bits per heavy atom. The number of nitrogens with one attached hydrogen (secondary N) is 3. The standard InChI is InChI=1S/C17H23N3O2/c1-11-6-2-3-7-12(11)19-16(21)10-15-17(22)20-14-9-5-4-8-13(14)18-15/h2-3,6-7,13-15,18H,4-5,8-10H2,1H3,(H,19,21)(H,20,22)/t13-,14-,15+/m0/s1. The van der Waals surface area contributed by atoms with E-state index in [1.807, 2.05) is 31.2 Å². The molecule has 1 saturated heterocycles. The Labute approximate surface area is 130 Å². The van der Waals surface area contributed by atoms with Crippen molar-refractivity contribution in [3.05, 3.63) is 29.8 Å². The third kappa shape index (κ3) is 3.30. The lowest BCUT2D eigenvalue weighted by molar-refractivity contribution is -0.129. The number of aryl methyl sites for hydroxylation is 1. The molecule has 2 amide bonds. The molecule has 1 aromatic carbocycles. The maximum atomic E-state index is 12.2. The molecule has 1 saturated carbocycles. The molecule has 3 N–H and O–H groups in total. The second-order valence-electron chi connectivity index (χ2n) is 6.29. The number of carbonyl (C=O) groups is 2. The van der Waals surface area contributed by atoms with Crippen LogP contribution < -0.4 is 16.0 Å². The summed E-state index contributed by atoms with van der Waals surface area (Å²) in [6.07, 6.45) is 4.63. The van der Waals surface area contributed by atoms with E-state index in [4.69, 9.17) is 0 Å². The van der Waals surface area contributed by atoms with Crippen molar-refractivity contribution in [2.75, 3.05) is 5.32 Å². The lowest BCUT2D eigenvalue weighted by Gasteiger charge is -2.40. The van der Waals surface area contributed by atoms with Gasteiger partial charge in [-0.3, -0.25) is 9.59 Å². The number of rotatable bonds is 3. The topological polar surface area (TPSA) is 70.2 Å². The summed E-state index contributed by atoms with van der Waals surface area (Å²) in [7, 11) is 0. The van der Waals surface area contributed by atoms with E-state index < -0.39 is 6.04 Å². The highest BCUT2D eigenvalue weighted by molar-refractivity contribution is 5.96. The minimum Gasteiger partial charge on any atom is -0.350 e. The maximum Gasteiger partial charge on any atom is 0.237 e. The first-order valence-corrected chi connectivity index (χ1v) is 8.05. The van der Waals surface area contributed by atoms with Crippen molar-refractivity contribution in [2.24, 2.45) is 0 Å². The van der Waals surface area contributed by atoms with Gasteiger partial charge in [-0.15, -0.1) is 0 Å². The normalized spacial score (nSPS) is 27.7. The first kappa shape index (κ1) is 15.0. The third-order valence-electron chi connectivity index (χ3n) is 4.63. The van der Waals surface area contributed by atoms with Crippen LogP contribution in [-0.4, -0.2) is 29.9 Å². The van der Waals surface area contributed by atoms with E-state index in [1.165, 1.54) is 12.8 Å². The number of anilines is 1. The van der Waals surface area contributed by atoms with Crippen molar-refractivity contribution >= 4 is 17.5 Å². The molecule has 0 radical (unpaired) electrons. The third-order valence-corrected chi connectivity index (χ3v) is 4.63. The molecule has 3 rings (SSSR count). The molecule has 2 fully saturated rings. The lowest BCUT2D eigenvalue weighted by Crippen LogP contribution is -2.65. The zero-order chi connectivity index (χ0) is 15.5. The van der Waals surface area contributed by atoms with Gasteiger partial charge in [0.2, 0.25) is 11.8 Å². The average Bonchev–Trinajstić information content (AvgIpc) is 2.50. The molecule has 0 bridgehead atoms. The number of piperazine rings is 1. The molecule has 22 heavy (non-hydrogen) atoms. The van der Waals surface area contributed by atoms with Crippen LogP contribution >= 0.6 is 0 Å². The van der Waals surface area contributed by atoms with Crippen molar-refractivity contribution < 1.29 is 9.59 Å². The van der Waals surface area contributed by atoms with Gasteiger partial charge in [-0.25, -0.2) is 0 Å². The van der Waals surface area contributed by atoms with Gasteiger partial charge in [0.15, 0.2) is 0 Å². The first-order valence-electron chi connectivity index (χ1n) is 8.05. The van der Waals surface area contributed by atoms with Gasteiger partial charge in [0, 0.05) is 17.8 Å². The Kier molecular flexibility index (Phi) is 4.43. The maximum absolute atomic E-state index is 12.2. The predicted molar refractivity (Wildman–Crippen MR) is 85.5 cm³/mol. The van der Waals surface area contributed by atoms with Crippen LogP contribution in [0.25, 0.3) is 0 Å². The van der Waals surface area contributed by atoms with Gasteiger partial charge in [0.25, 0.3) is 0 Å². The molecule has 1 aromatic rings. The molecular formula is C17H23N3O2. The van der Waals surface area contributed by atoms with E-state index in [9.17, 15) is 9.59 Å². The van der Waals surface area contributed by atoms with E-state index in [1.54, 1.807) is 0 Å². The average molecular weight is 301 g/mol. The molecule has 1 aliphatic carbocycles. The number of hydrogen-bond donors (Lipinski definition) is 3. The Morgan fingerprint density at radius 3 is 2.73 bits per heavy atom. The van der Waals surface area contributed by atoms with Gasteiger partial charge >= 0.3 is 0 Å². The molecule has 3 atom stereocenters. The van der Waals surface area contributed by atoms with Crippen molar-refractivity contribution in [1.82, 2.24) is 10.6 Å². The first-order chi connectivity index (χ1) is 10.6. The van der Waals surface area contributed by atoms with Crippen LogP contribution in [0.5, 0.6) is 0 Å². The van der Waals surface area contributed by atoms with Crippen molar-refractivity contribution in [2.45, 2.75) is 57.2 Å². The highest BCUT2D eigenvalue weighted by Crippen LogP contribution is 2.22. The van der Waals surface area contributed by atoms with E-state index in [-0.39, 0.29) is 24.3 Å². The molecule has 2 aliphatic rings. The van der Waals surface area contributed by atoms with Crippen LogP contribution in [0.15, 0.2) is 24.3 Å². The lowest BCUT2D eigenvalue weighted by atomic mass is 9.87. The van der Waals surface area contributed by atoms with Crippen molar-refractivity contribution in [1.29, 1.82) is 0 Å². The molecule has 1 heterocycles. The van der Waals surface area contributed by atoms with Gasteiger partial charge in [0.05, 0.1) is 12.5 Å². The van der Waals surface area contributed by atoms with Crippen molar-refractivity contribution in [3.63, 3.8) is 0 Å². The van der Waals surface area contributed by atoms with Gasteiger partial charge in [-0.05, 0) is 31.4 Å². The van der Waals surface area contributed by atoms with E-state index in [0.717, 1.165) is 24.1 Å². The molecule has 118 valence electrons. The second-order valence-corrected chi connectivity index (χ2v) is 6.29. The molecular weight excluding hydrogens is 278 g/mol. The van der Waals surface area contributed by atoms with Crippen LogP contribution in [0.1, 0.15) is 37.7 Å². The summed E-state index contributed by atoms with van der Waals surface area (Å²) in [6.45, 7) is 1.95. The summed E-state index contributed by atoms with van der Waals surface area (Å²) < 4.78 is 0. The summed E-state index contributed by atoms with van der Waals surface area (Å²) in [5.74, 6) is -0.181. The van der Waals surface area contributed by atoms with Gasteiger partial charge in [-0.2, -0.15) is 0 Å². The van der Waals surface area contributed by atoms with Crippen LogP contribution in [0.4, 0.5) is 5.69 Å². The van der Waals surface area contributed by atoms with E-state index >= 15 is 0 Å². The Bertz CT molecular complexity index is 573. The Balaban J connectivity index is 1.59. The summed E-state index contributed by atoms with van der Waals surface area (Å²) >= 11 is 0. The highest BCUT2D eigenvalue weighted by Gasteiger charge is 2.36. The Morgan fingerprint density at radius 2 is 1.95 bits per heavy atom. The molecule has 5 heteroatoms. The molecule has 0 aromatic heterocycles. The van der Waals surface area contributed by atoms with Crippen molar-refractivity contribution in [3.8, 4) is 0 Å². The fraction of sp³-hybridized carbons (Fsp3) is 0.529. The summed E-state index contributed by atoms with van der Waals surface area (Å²) in [5, 5.41) is 9.32. The fourth-order valence-electron chi connectivity index (χ4n) is 3.37. The Hall–Kier alpha value is -1.88. The van der Waals surface area contributed by atoms with Crippen LogP contribution in [-0.2, 0) is 9.59 Å². The highest BCUT2D eigenvalue weighted by atomic mass is 16.2. The van der Waals surface area contributed by atoms with Gasteiger partial charge in [-0.1, -0.05) is 31.0 Å². The zero-order valence-electron chi connectivity index (χ0n) is 12.9. The quantitative estimate of drug-likeness (QED) is 0.796. The van der Waals surface area contributed by atoms with Crippen LogP contribution in [0, 0.1) is 6.92 Å². The number of fused-ring (bicyclic) bond motifs is 1. The predicted octanol–water partition coefficient (Wildman–Crippen LogP) is 1.72. The van der Waals surface area contributed by atoms with Crippen LogP contribution in [0.2, 0.25) is 0 Å². The second kappa shape index (κ2) is 6.48. The summed E-state index contributed by atoms with van der Waals surface area (Å²) in [4.78, 5) is 24.4. The van der Waals surface area contributed by atoms with Gasteiger partial charge in [0.1, 0.15) is 0 Å². The minimum atomic E-state index is -0.427. The number of benzene rings is 1. The summed E-state index contributed by atoms with van der Waals surface area (Å²) in [5.41, 5.74) is 1.82. The number of carbonyl (C=O) groups excluding carboxylic acids is 2. The van der Waals surface area contributed by atoms with E-state index in [2.05, 4.69) is 16.0 Å². The largest absolute Gasteiger partial charge is 0.350 e. The van der Waals surface area contributed by atoms with E-state index in [0.29, 0.717) is 6.04 Å². The molecule has 5 nitrogen and oxygen atoms in total. The zero-order valence-corrected chi connectivity index (χ0v) is 12.9. The number of para-hydroxylation sites is 1. The summed E-state index contributed by atoms with van der Waals surface area (Å²) in [6, 6.07) is 7.76. The molecule has 0 spiro atoms. The molecule has 1 aliphatic heterocycles. The number of amides is 2. The SMILES string of the molecule is Cc1ccccc1NC(=O)C[C@H]1N[C@H]2CCCC[C@@H]2NC1=O. The minimum absolute atomic E-state index is 0.0527. The van der Waals surface area contributed by atoms with Gasteiger partial charge < -0.3 is 16.0 Å². The van der Waals surface area contributed by atoms with Crippen LogP contribution in [0.3, 0.4) is 0 Å². The monoisotopic (exact) mass is 301 g/mol. The fourth-order valence-corrected chi connectivity index (χ4v) is 3.37. The smallest absolute Gasteiger partial charge is 0.237 e.